The highest BCUT2D eigenvalue weighted by molar-refractivity contribution is 5.28. The average Bonchev–Trinajstić information content (AvgIpc) is 2.06. The molecule has 0 aliphatic heterocycles. The Labute approximate surface area is 61.9 Å². The summed E-state index contributed by atoms with van der Waals surface area (Å²) in [4.78, 5) is 0. The quantitative estimate of drug-likeness (QED) is 0.444. The summed E-state index contributed by atoms with van der Waals surface area (Å²) in [6.07, 6.45) is 11.5. The minimum Gasteiger partial charge on any atom is -0.0986 e. The molecule has 0 radical (unpaired) electrons. The fourth-order valence-electron chi connectivity index (χ4n) is 1.74. The van der Waals surface area contributed by atoms with Crippen LogP contribution in [0, 0.1) is 11.8 Å². The van der Waals surface area contributed by atoms with Crippen molar-refractivity contribution in [1.29, 1.82) is 0 Å². The topological polar surface area (TPSA) is 0 Å². The predicted octanol–water partition coefficient (Wildman–Crippen LogP) is 2.69. The van der Waals surface area contributed by atoms with E-state index >= 15 is 0 Å². The summed E-state index contributed by atoms with van der Waals surface area (Å²) < 4.78 is 0. The molecular formula is C10H12. The van der Waals surface area contributed by atoms with Gasteiger partial charge in [0.15, 0.2) is 0 Å². The standard InChI is InChI=1S/C10H12/c1-8-9-4-2-3-5-10(8)7-6-9/h2-3,6-7,9-10H,1,4-5H2. The maximum absolute atomic E-state index is 4.10. The molecule has 2 rings (SSSR count). The molecule has 0 N–H and O–H groups in total. The highest BCUT2D eigenvalue weighted by Crippen LogP contribution is 2.35. The Morgan fingerprint density at radius 3 is 2.10 bits per heavy atom. The second kappa shape index (κ2) is 2.12. The first-order chi connectivity index (χ1) is 4.88. The van der Waals surface area contributed by atoms with Gasteiger partial charge in [-0.05, 0) is 12.8 Å². The van der Waals surface area contributed by atoms with E-state index in [-0.39, 0.29) is 0 Å². The second-order valence-corrected chi connectivity index (χ2v) is 3.12. The van der Waals surface area contributed by atoms with E-state index in [1.165, 1.54) is 18.4 Å². The van der Waals surface area contributed by atoms with Crippen LogP contribution in [0.1, 0.15) is 12.8 Å². The first kappa shape index (κ1) is 5.96. The van der Waals surface area contributed by atoms with Crippen LogP contribution in [0.15, 0.2) is 36.5 Å². The van der Waals surface area contributed by atoms with Crippen LogP contribution >= 0.6 is 0 Å². The first-order valence-corrected chi connectivity index (χ1v) is 3.90. The Balaban J connectivity index is 2.29. The van der Waals surface area contributed by atoms with Gasteiger partial charge in [-0.25, -0.2) is 0 Å². The van der Waals surface area contributed by atoms with Gasteiger partial charge in [-0.3, -0.25) is 0 Å². The molecule has 2 aliphatic carbocycles. The smallest absolute Gasteiger partial charge is 0.00148 e. The summed E-state index contributed by atoms with van der Waals surface area (Å²) in [6.45, 7) is 4.10. The monoisotopic (exact) mass is 132 g/mol. The third-order valence-electron chi connectivity index (χ3n) is 2.47. The van der Waals surface area contributed by atoms with Crippen LogP contribution in [0.3, 0.4) is 0 Å². The minimum atomic E-state index is 0.656. The van der Waals surface area contributed by atoms with Crippen molar-refractivity contribution in [1.82, 2.24) is 0 Å². The number of hydrogen-bond donors (Lipinski definition) is 0. The summed E-state index contributed by atoms with van der Waals surface area (Å²) >= 11 is 0. The predicted molar refractivity (Wildman–Crippen MR) is 43.6 cm³/mol. The Kier molecular flexibility index (Phi) is 1.26. The molecule has 0 aromatic heterocycles. The molecule has 2 atom stereocenters. The van der Waals surface area contributed by atoms with Gasteiger partial charge in [-0.2, -0.15) is 0 Å². The lowest BCUT2D eigenvalue weighted by atomic mass is 9.96. The van der Waals surface area contributed by atoms with E-state index < -0.39 is 0 Å². The fourth-order valence-corrected chi connectivity index (χ4v) is 1.74. The maximum atomic E-state index is 4.10. The molecule has 2 unspecified atom stereocenters. The van der Waals surface area contributed by atoms with Crippen molar-refractivity contribution in [3.05, 3.63) is 36.5 Å². The van der Waals surface area contributed by atoms with Crippen LogP contribution in [0.2, 0.25) is 0 Å². The molecule has 0 heterocycles. The van der Waals surface area contributed by atoms with Gasteiger partial charge >= 0.3 is 0 Å². The van der Waals surface area contributed by atoms with Gasteiger partial charge in [0.2, 0.25) is 0 Å². The average molecular weight is 132 g/mol. The molecule has 0 aromatic rings. The Morgan fingerprint density at radius 1 is 1.10 bits per heavy atom. The third-order valence-corrected chi connectivity index (χ3v) is 2.47. The van der Waals surface area contributed by atoms with Gasteiger partial charge in [0.25, 0.3) is 0 Å². The van der Waals surface area contributed by atoms with E-state index in [2.05, 4.69) is 30.9 Å². The molecule has 2 bridgehead atoms. The van der Waals surface area contributed by atoms with Gasteiger partial charge < -0.3 is 0 Å². The van der Waals surface area contributed by atoms with Gasteiger partial charge in [-0.15, -0.1) is 0 Å². The molecule has 0 saturated carbocycles. The largest absolute Gasteiger partial charge is 0.0986 e. The lowest BCUT2D eigenvalue weighted by Gasteiger charge is -2.09. The zero-order valence-corrected chi connectivity index (χ0v) is 6.09. The van der Waals surface area contributed by atoms with Crippen molar-refractivity contribution >= 4 is 0 Å². The Bertz CT molecular complexity index is 188. The second-order valence-electron chi connectivity index (χ2n) is 3.12. The van der Waals surface area contributed by atoms with Crippen LogP contribution in [-0.4, -0.2) is 0 Å². The van der Waals surface area contributed by atoms with Crippen molar-refractivity contribution in [3.63, 3.8) is 0 Å². The SMILES string of the molecule is C=C1C2C=CC1CC=CC2. The summed E-state index contributed by atoms with van der Waals surface area (Å²) in [5.41, 5.74) is 1.42. The molecule has 0 amide bonds. The molecule has 2 aliphatic rings. The third kappa shape index (κ3) is 0.756. The highest BCUT2D eigenvalue weighted by atomic mass is 14.3. The van der Waals surface area contributed by atoms with Crippen molar-refractivity contribution in [2.24, 2.45) is 11.8 Å². The molecule has 0 fully saturated rings. The van der Waals surface area contributed by atoms with Crippen molar-refractivity contribution < 1.29 is 0 Å². The van der Waals surface area contributed by atoms with Crippen LogP contribution in [0.5, 0.6) is 0 Å². The van der Waals surface area contributed by atoms with Crippen molar-refractivity contribution in [2.75, 3.05) is 0 Å². The van der Waals surface area contributed by atoms with E-state index in [0.29, 0.717) is 11.8 Å². The van der Waals surface area contributed by atoms with Gasteiger partial charge in [0, 0.05) is 11.8 Å². The Hall–Kier alpha value is -0.780. The van der Waals surface area contributed by atoms with Crippen LogP contribution in [0.25, 0.3) is 0 Å². The van der Waals surface area contributed by atoms with Crippen molar-refractivity contribution in [3.8, 4) is 0 Å². The van der Waals surface area contributed by atoms with E-state index in [1.807, 2.05) is 0 Å². The normalized spacial score (nSPS) is 36.6. The molecule has 0 nitrogen and oxygen atoms in total. The molecule has 52 valence electrons. The minimum absolute atomic E-state index is 0.656. The molecule has 10 heavy (non-hydrogen) atoms. The zero-order valence-electron chi connectivity index (χ0n) is 6.09. The molecule has 0 spiro atoms. The summed E-state index contributed by atoms with van der Waals surface area (Å²) in [7, 11) is 0. The molecular weight excluding hydrogens is 120 g/mol. The van der Waals surface area contributed by atoms with Crippen LogP contribution in [-0.2, 0) is 0 Å². The first-order valence-electron chi connectivity index (χ1n) is 3.90. The van der Waals surface area contributed by atoms with E-state index in [1.54, 1.807) is 0 Å². The number of fused-ring (bicyclic) bond motifs is 2. The fraction of sp³-hybridized carbons (Fsp3) is 0.400. The van der Waals surface area contributed by atoms with E-state index in [9.17, 15) is 0 Å². The highest BCUT2D eigenvalue weighted by Gasteiger charge is 2.22. The van der Waals surface area contributed by atoms with Crippen LogP contribution < -0.4 is 0 Å². The summed E-state index contributed by atoms with van der Waals surface area (Å²) in [6, 6.07) is 0. The lowest BCUT2D eigenvalue weighted by Crippen LogP contribution is -1.97. The number of rotatable bonds is 0. The number of allylic oxidation sites excluding steroid dienone is 5. The van der Waals surface area contributed by atoms with Gasteiger partial charge in [0.05, 0.1) is 0 Å². The lowest BCUT2D eigenvalue weighted by molar-refractivity contribution is 0.718. The Morgan fingerprint density at radius 2 is 1.60 bits per heavy atom. The maximum Gasteiger partial charge on any atom is 0.00148 e. The summed E-state index contributed by atoms with van der Waals surface area (Å²) in [5, 5.41) is 0. The molecule has 0 aromatic carbocycles. The molecule has 0 saturated heterocycles. The van der Waals surface area contributed by atoms with Gasteiger partial charge in [0.1, 0.15) is 0 Å². The van der Waals surface area contributed by atoms with E-state index in [0.717, 1.165) is 0 Å². The van der Waals surface area contributed by atoms with Crippen LogP contribution in [0.4, 0.5) is 0 Å². The van der Waals surface area contributed by atoms with Gasteiger partial charge in [-0.1, -0.05) is 36.5 Å². The number of hydrogen-bond acceptors (Lipinski definition) is 0. The zero-order chi connectivity index (χ0) is 6.97. The van der Waals surface area contributed by atoms with Crippen molar-refractivity contribution in [2.45, 2.75) is 12.8 Å². The molecule has 0 heteroatoms. The summed E-state index contributed by atoms with van der Waals surface area (Å²) in [5.74, 6) is 1.31. The van der Waals surface area contributed by atoms with E-state index in [4.69, 9.17) is 0 Å².